The van der Waals surface area contributed by atoms with Gasteiger partial charge in [0.05, 0.1) is 6.10 Å². The Balaban J connectivity index is 1.89. The standard InChI is InChI=1S/C14H18N2O5/c17-11-7-4-8-16(14(19)20)12(11)15-13(18)21-9-10-5-2-1-3-6-10/h1-3,5-6,11-12,17H,4,7-9H2,(H,15,18)(H,19,20)/t11-,12?/m1/s1. The van der Waals surface area contributed by atoms with Crippen LogP contribution in [0.2, 0.25) is 0 Å². The maximum absolute atomic E-state index is 11.7. The number of rotatable bonds is 3. The molecule has 7 heteroatoms. The van der Waals surface area contributed by atoms with E-state index in [4.69, 9.17) is 9.84 Å². The normalized spacial score (nSPS) is 21.7. The largest absolute Gasteiger partial charge is 0.465 e. The number of carboxylic acid groups (broad SMARTS) is 1. The van der Waals surface area contributed by atoms with Crippen molar-refractivity contribution in [3.63, 3.8) is 0 Å². The van der Waals surface area contributed by atoms with Crippen LogP contribution in [0.25, 0.3) is 0 Å². The fourth-order valence-electron chi connectivity index (χ4n) is 2.25. The maximum atomic E-state index is 11.7. The summed E-state index contributed by atoms with van der Waals surface area (Å²) in [5, 5.41) is 21.3. The third-order valence-corrected chi connectivity index (χ3v) is 3.32. The number of carbonyl (C=O) groups excluding carboxylic acids is 1. The fourth-order valence-corrected chi connectivity index (χ4v) is 2.25. The molecular weight excluding hydrogens is 276 g/mol. The van der Waals surface area contributed by atoms with Gasteiger partial charge >= 0.3 is 12.2 Å². The van der Waals surface area contributed by atoms with Gasteiger partial charge in [0.25, 0.3) is 0 Å². The topological polar surface area (TPSA) is 99.1 Å². The Morgan fingerprint density at radius 2 is 2.05 bits per heavy atom. The van der Waals surface area contributed by atoms with E-state index < -0.39 is 24.5 Å². The average molecular weight is 294 g/mol. The van der Waals surface area contributed by atoms with E-state index in [-0.39, 0.29) is 13.2 Å². The van der Waals surface area contributed by atoms with Crippen molar-refractivity contribution in [2.45, 2.75) is 31.7 Å². The van der Waals surface area contributed by atoms with Gasteiger partial charge in [-0.25, -0.2) is 9.59 Å². The van der Waals surface area contributed by atoms with Gasteiger partial charge < -0.3 is 14.9 Å². The van der Waals surface area contributed by atoms with E-state index in [1.165, 1.54) is 0 Å². The van der Waals surface area contributed by atoms with Crippen LogP contribution in [0, 0.1) is 0 Å². The molecule has 2 amide bonds. The lowest BCUT2D eigenvalue weighted by molar-refractivity contribution is 0.0000887. The Kier molecular flexibility index (Phi) is 4.99. The highest BCUT2D eigenvalue weighted by Crippen LogP contribution is 2.16. The summed E-state index contributed by atoms with van der Waals surface area (Å²) in [5.41, 5.74) is 0.826. The summed E-state index contributed by atoms with van der Waals surface area (Å²) >= 11 is 0. The summed E-state index contributed by atoms with van der Waals surface area (Å²) in [7, 11) is 0. The lowest BCUT2D eigenvalue weighted by Crippen LogP contribution is -2.59. The van der Waals surface area contributed by atoms with E-state index in [1.807, 2.05) is 30.3 Å². The van der Waals surface area contributed by atoms with Crippen molar-refractivity contribution in [3.05, 3.63) is 35.9 Å². The number of carbonyl (C=O) groups is 2. The summed E-state index contributed by atoms with van der Waals surface area (Å²) in [4.78, 5) is 23.8. The van der Waals surface area contributed by atoms with E-state index in [2.05, 4.69) is 5.32 Å². The molecule has 3 N–H and O–H groups in total. The quantitative estimate of drug-likeness (QED) is 0.782. The number of nitrogens with zero attached hydrogens (tertiary/aromatic N) is 1. The monoisotopic (exact) mass is 294 g/mol. The Labute approximate surface area is 122 Å². The first-order chi connectivity index (χ1) is 10.1. The van der Waals surface area contributed by atoms with Gasteiger partial charge in [0.2, 0.25) is 0 Å². The molecule has 1 aliphatic rings. The van der Waals surface area contributed by atoms with Crippen LogP contribution < -0.4 is 5.32 Å². The lowest BCUT2D eigenvalue weighted by Gasteiger charge is -2.37. The summed E-state index contributed by atoms with van der Waals surface area (Å²) in [6.45, 7) is 0.360. The molecule has 7 nitrogen and oxygen atoms in total. The number of alkyl carbamates (subject to hydrolysis) is 1. The number of hydrogen-bond donors (Lipinski definition) is 3. The minimum Gasteiger partial charge on any atom is -0.465 e. The number of likely N-dealkylation sites (tertiary alicyclic amines) is 1. The highest BCUT2D eigenvalue weighted by Gasteiger charge is 2.34. The number of amides is 2. The molecule has 114 valence electrons. The Hall–Kier alpha value is -2.28. The molecule has 2 atom stereocenters. The lowest BCUT2D eigenvalue weighted by atomic mass is 10.1. The molecule has 1 aliphatic heterocycles. The third-order valence-electron chi connectivity index (χ3n) is 3.32. The average Bonchev–Trinajstić information content (AvgIpc) is 2.48. The van der Waals surface area contributed by atoms with Crippen LogP contribution in [0.15, 0.2) is 30.3 Å². The molecule has 1 saturated heterocycles. The summed E-state index contributed by atoms with van der Waals surface area (Å²) < 4.78 is 5.03. The zero-order valence-electron chi connectivity index (χ0n) is 11.4. The van der Waals surface area contributed by atoms with Crippen molar-refractivity contribution in [2.24, 2.45) is 0 Å². The molecule has 0 aliphatic carbocycles. The molecule has 21 heavy (non-hydrogen) atoms. The number of aliphatic hydroxyl groups excluding tert-OH is 1. The van der Waals surface area contributed by atoms with Crippen molar-refractivity contribution in [3.8, 4) is 0 Å². The molecule has 0 saturated carbocycles. The number of nitrogens with one attached hydrogen (secondary N) is 1. The molecule has 0 bridgehead atoms. The van der Waals surface area contributed by atoms with Gasteiger partial charge in [0.15, 0.2) is 0 Å². The number of aliphatic hydroxyl groups is 1. The van der Waals surface area contributed by atoms with Gasteiger partial charge in [-0.15, -0.1) is 0 Å². The van der Waals surface area contributed by atoms with Crippen LogP contribution in [-0.4, -0.2) is 46.1 Å². The van der Waals surface area contributed by atoms with Crippen molar-refractivity contribution >= 4 is 12.2 Å². The van der Waals surface area contributed by atoms with Crippen molar-refractivity contribution in [1.29, 1.82) is 0 Å². The third kappa shape index (κ3) is 4.09. The second-order valence-electron chi connectivity index (χ2n) is 4.84. The van der Waals surface area contributed by atoms with E-state index in [0.29, 0.717) is 12.8 Å². The summed E-state index contributed by atoms with van der Waals surface area (Å²) in [6, 6.07) is 9.13. The smallest absolute Gasteiger partial charge is 0.409 e. The minimum absolute atomic E-state index is 0.0859. The zero-order valence-corrected chi connectivity index (χ0v) is 11.4. The number of benzene rings is 1. The van der Waals surface area contributed by atoms with Crippen LogP contribution in [0.1, 0.15) is 18.4 Å². The highest BCUT2D eigenvalue weighted by molar-refractivity contribution is 5.70. The van der Waals surface area contributed by atoms with E-state index in [0.717, 1.165) is 10.5 Å². The van der Waals surface area contributed by atoms with Gasteiger partial charge in [-0.05, 0) is 18.4 Å². The molecule has 1 aromatic carbocycles. The van der Waals surface area contributed by atoms with E-state index >= 15 is 0 Å². The van der Waals surface area contributed by atoms with Crippen LogP contribution in [0.5, 0.6) is 0 Å². The van der Waals surface area contributed by atoms with Gasteiger partial charge in [0.1, 0.15) is 12.8 Å². The van der Waals surface area contributed by atoms with Gasteiger partial charge in [0, 0.05) is 6.54 Å². The molecular formula is C14H18N2O5. The Morgan fingerprint density at radius 3 is 2.71 bits per heavy atom. The molecule has 0 spiro atoms. The highest BCUT2D eigenvalue weighted by atomic mass is 16.5. The molecule has 0 aromatic heterocycles. The van der Waals surface area contributed by atoms with Crippen LogP contribution in [0.4, 0.5) is 9.59 Å². The van der Waals surface area contributed by atoms with Gasteiger partial charge in [-0.1, -0.05) is 30.3 Å². The Bertz CT molecular complexity index is 493. The molecule has 1 unspecified atom stereocenters. The summed E-state index contributed by atoms with van der Waals surface area (Å²) in [6.07, 6.45) is -2.84. The first kappa shape index (κ1) is 15.1. The van der Waals surface area contributed by atoms with Gasteiger partial charge in [-0.2, -0.15) is 0 Å². The predicted octanol–water partition coefficient (Wildman–Crippen LogP) is 1.37. The second-order valence-corrected chi connectivity index (χ2v) is 4.84. The van der Waals surface area contributed by atoms with Crippen LogP contribution >= 0.6 is 0 Å². The summed E-state index contributed by atoms with van der Waals surface area (Å²) in [5.74, 6) is 0. The first-order valence-corrected chi connectivity index (χ1v) is 6.73. The van der Waals surface area contributed by atoms with Crippen molar-refractivity contribution < 1.29 is 24.5 Å². The minimum atomic E-state index is -1.18. The molecule has 1 fully saturated rings. The van der Waals surface area contributed by atoms with Gasteiger partial charge in [-0.3, -0.25) is 10.2 Å². The molecule has 1 aromatic rings. The van der Waals surface area contributed by atoms with Crippen LogP contribution in [0.3, 0.4) is 0 Å². The first-order valence-electron chi connectivity index (χ1n) is 6.73. The number of ether oxygens (including phenoxy) is 1. The van der Waals surface area contributed by atoms with Crippen molar-refractivity contribution in [2.75, 3.05) is 6.54 Å². The predicted molar refractivity (Wildman–Crippen MR) is 73.5 cm³/mol. The zero-order chi connectivity index (χ0) is 15.2. The van der Waals surface area contributed by atoms with Crippen LogP contribution in [-0.2, 0) is 11.3 Å². The van der Waals surface area contributed by atoms with E-state index in [1.54, 1.807) is 0 Å². The molecule has 2 rings (SSSR count). The second kappa shape index (κ2) is 6.94. The number of hydrogen-bond acceptors (Lipinski definition) is 4. The van der Waals surface area contributed by atoms with Crippen molar-refractivity contribution in [1.82, 2.24) is 10.2 Å². The Morgan fingerprint density at radius 1 is 1.33 bits per heavy atom. The molecule has 1 heterocycles. The maximum Gasteiger partial charge on any atom is 0.409 e. The van der Waals surface area contributed by atoms with E-state index in [9.17, 15) is 14.7 Å². The SMILES string of the molecule is O=C(NC1[C@H](O)CCCN1C(=O)O)OCc1ccccc1. The fraction of sp³-hybridized carbons (Fsp3) is 0.429. The molecule has 0 radical (unpaired) electrons. The number of piperidine rings is 1.